The van der Waals surface area contributed by atoms with Gasteiger partial charge in [-0.25, -0.2) is 0 Å². The van der Waals surface area contributed by atoms with Gasteiger partial charge in [0.1, 0.15) is 5.69 Å². The molecule has 0 bridgehead atoms. The third-order valence-electron chi connectivity index (χ3n) is 5.58. The number of hydrogen-bond acceptors (Lipinski definition) is 2. The minimum atomic E-state index is 0.837. The van der Waals surface area contributed by atoms with Gasteiger partial charge in [-0.15, -0.1) is 11.3 Å². The Bertz CT molecular complexity index is 1470. The molecule has 4 heteroatoms. The second-order valence-electron chi connectivity index (χ2n) is 7.74. The van der Waals surface area contributed by atoms with E-state index >= 15 is 0 Å². The molecule has 0 atom stereocenters. The van der Waals surface area contributed by atoms with Crippen molar-refractivity contribution in [1.29, 1.82) is 0 Å². The van der Waals surface area contributed by atoms with E-state index in [1.54, 1.807) is 11.3 Å². The van der Waals surface area contributed by atoms with E-state index in [1.807, 2.05) is 26.0 Å². The molecular formula is C28H27N3S. The van der Waals surface area contributed by atoms with Gasteiger partial charge in [0.25, 0.3) is 0 Å². The maximum Gasteiger partial charge on any atom is 0.116 e. The molecule has 0 saturated carbocycles. The minimum Gasteiger partial charge on any atom is -0.353 e. The van der Waals surface area contributed by atoms with Crippen LogP contribution in [0.4, 0.5) is 0 Å². The average molecular weight is 438 g/mol. The van der Waals surface area contributed by atoms with Gasteiger partial charge in [-0.1, -0.05) is 61.2 Å². The van der Waals surface area contributed by atoms with Crippen LogP contribution in [0, 0.1) is 0 Å². The molecule has 160 valence electrons. The molecule has 32 heavy (non-hydrogen) atoms. The Morgan fingerprint density at radius 1 is 1.16 bits per heavy atom. The first-order chi connectivity index (χ1) is 15.5. The normalized spacial score (nSPS) is 13.8. The number of aromatic amines is 2. The molecule has 0 aliphatic carbocycles. The molecule has 4 rings (SSSR count). The zero-order valence-electron chi connectivity index (χ0n) is 18.7. The molecule has 4 aromatic rings. The predicted octanol–water partition coefficient (Wildman–Crippen LogP) is 6.50. The first-order valence-electron chi connectivity index (χ1n) is 10.6. The van der Waals surface area contributed by atoms with Crippen LogP contribution in [0.5, 0.6) is 0 Å². The number of allylic oxidation sites excluding steroid dienone is 7. The van der Waals surface area contributed by atoms with E-state index in [-0.39, 0.29) is 0 Å². The van der Waals surface area contributed by atoms with Crippen molar-refractivity contribution in [3.05, 3.63) is 99.9 Å². The highest BCUT2D eigenvalue weighted by Gasteiger charge is 2.11. The van der Waals surface area contributed by atoms with Crippen LogP contribution in [-0.2, 0) is 0 Å². The molecule has 0 spiro atoms. The fourth-order valence-corrected chi connectivity index (χ4v) is 4.47. The number of hydrogen-bond donors (Lipinski definition) is 2. The van der Waals surface area contributed by atoms with E-state index in [9.17, 15) is 0 Å². The first kappa shape index (κ1) is 21.6. The van der Waals surface area contributed by atoms with Gasteiger partial charge in [-0.05, 0) is 61.6 Å². The van der Waals surface area contributed by atoms with Crippen LogP contribution >= 0.6 is 11.3 Å². The van der Waals surface area contributed by atoms with Crippen molar-refractivity contribution in [2.75, 3.05) is 0 Å². The number of aromatic nitrogens is 3. The lowest BCUT2D eigenvalue weighted by atomic mass is 10.0. The molecule has 0 aliphatic heterocycles. The Morgan fingerprint density at radius 2 is 2.00 bits per heavy atom. The number of nitrogens with one attached hydrogen (secondary N) is 2. The second kappa shape index (κ2) is 9.25. The molecule has 0 fully saturated rings. The lowest BCUT2D eigenvalue weighted by molar-refractivity contribution is 1.06. The van der Waals surface area contributed by atoms with E-state index < -0.39 is 0 Å². The zero-order chi connectivity index (χ0) is 22.7. The Balaban J connectivity index is 1.72. The molecule has 0 amide bonds. The van der Waals surface area contributed by atoms with E-state index in [1.165, 1.54) is 21.4 Å². The third kappa shape index (κ3) is 4.23. The van der Waals surface area contributed by atoms with Gasteiger partial charge in [0, 0.05) is 26.6 Å². The summed E-state index contributed by atoms with van der Waals surface area (Å²) >= 11 is 1.75. The fourth-order valence-electron chi connectivity index (χ4n) is 3.70. The number of nitrogens with zero attached hydrogens (tertiary/aromatic N) is 1. The van der Waals surface area contributed by atoms with Crippen molar-refractivity contribution < 1.29 is 0 Å². The van der Waals surface area contributed by atoms with Gasteiger partial charge in [0.2, 0.25) is 0 Å². The van der Waals surface area contributed by atoms with Crippen LogP contribution in [-0.4, -0.2) is 15.2 Å². The van der Waals surface area contributed by atoms with Gasteiger partial charge < -0.3 is 4.98 Å². The predicted molar refractivity (Wildman–Crippen MR) is 140 cm³/mol. The summed E-state index contributed by atoms with van der Waals surface area (Å²) in [6.07, 6.45) is 10.2. The maximum absolute atomic E-state index is 4.56. The van der Waals surface area contributed by atoms with E-state index in [2.05, 4.69) is 95.3 Å². The molecule has 3 heterocycles. The van der Waals surface area contributed by atoms with E-state index in [4.69, 9.17) is 0 Å². The van der Waals surface area contributed by atoms with Crippen LogP contribution in [0.1, 0.15) is 20.8 Å². The van der Waals surface area contributed by atoms with Crippen molar-refractivity contribution in [2.45, 2.75) is 20.8 Å². The molecular weight excluding hydrogens is 410 g/mol. The summed E-state index contributed by atoms with van der Waals surface area (Å²) in [4.78, 5) is 4.77. The Kier molecular flexibility index (Phi) is 6.24. The fraction of sp³-hybridized carbons (Fsp3) is 0.107. The molecule has 1 aromatic carbocycles. The van der Waals surface area contributed by atoms with Crippen LogP contribution < -0.4 is 10.6 Å². The molecule has 2 N–H and O–H groups in total. The Morgan fingerprint density at radius 3 is 2.72 bits per heavy atom. The number of thiophene rings is 1. The van der Waals surface area contributed by atoms with Gasteiger partial charge in [0.05, 0.1) is 11.0 Å². The van der Waals surface area contributed by atoms with Crippen LogP contribution in [0.3, 0.4) is 0 Å². The minimum absolute atomic E-state index is 0.837. The molecule has 0 aliphatic rings. The number of fused-ring (bicyclic) bond motifs is 1. The SMILES string of the molecule is C=C\C(C)=C/C(=C\C)C(/C)=C/C=c1/[nH]nc(-c2cc3c(-c4cccs4)cccc3[nH]2)c1=C. The monoisotopic (exact) mass is 437 g/mol. The number of benzene rings is 1. The lowest BCUT2D eigenvalue weighted by Crippen LogP contribution is -2.21. The molecule has 3 aromatic heterocycles. The van der Waals surface area contributed by atoms with Gasteiger partial charge in [-0.2, -0.15) is 5.10 Å². The smallest absolute Gasteiger partial charge is 0.116 e. The standard InChI is InChI=1S/C28H27N3S/c1-6-18(3)16-21(7-2)19(4)13-14-24-20(5)28(31-30-24)26-17-23-22(27-12-9-15-32-27)10-8-11-25(23)29-26/h6-17,29-30H,1,5H2,2-4H3/b18-16-,19-13+,21-7+,24-14+. The quantitative estimate of drug-likeness (QED) is 0.332. The summed E-state index contributed by atoms with van der Waals surface area (Å²) in [5.41, 5.74) is 7.59. The second-order valence-corrected chi connectivity index (χ2v) is 8.69. The summed E-state index contributed by atoms with van der Waals surface area (Å²) in [6, 6.07) is 12.7. The van der Waals surface area contributed by atoms with Gasteiger partial charge in [0.15, 0.2) is 0 Å². The van der Waals surface area contributed by atoms with Crippen LogP contribution in [0.25, 0.3) is 45.4 Å². The Labute approximate surface area is 192 Å². The lowest BCUT2D eigenvalue weighted by Gasteiger charge is -2.02. The summed E-state index contributed by atoms with van der Waals surface area (Å²) in [7, 11) is 0. The number of rotatable bonds is 6. The number of H-pyrrole nitrogens is 2. The highest BCUT2D eigenvalue weighted by Crippen LogP contribution is 2.33. The average Bonchev–Trinajstić information content (AvgIpc) is 3.55. The van der Waals surface area contributed by atoms with Crippen molar-refractivity contribution in [3.63, 3.8) is 0 Å². The van der Waals surface area contributed by atoms with Gasteiger partial charge in [-0.3, -0.25) is 5.10 Å². The van der Waals surface area contributed by atoms with Crippen molar-refractivity contribution in [1.82, 2.24) is 15.2 Å². The third-order valence-corrected chi connectivity index (χ3v) is 6.48. The topological polar surface area (TPSA) is 44.5 Å². The largest absolute Gasteiger partial charge is 0.353 e. The summed E-state index contributed by atoms with van der Waals surface area (Å²) < 4.78 is 0. The van der Waals surface area contributed by atoms with Gasteiger partial charge >= 0.3 is 0 Å². The van der Waals surface area contributed by atoms with Crippen molar-refractivity contribution in [2.24, 2.45) is 0 Å². The maximum atomic E-state index is 4.56. The van der Waals surface area contributed by atoms with E-state index in [0.717, 1.165) is 38.6 Å². The molecule has 0 radical (unpaired) electrons. The van der Waals surface area contributed by atoms with Crippen molar-refractivity contribution in [3.8, 4) is 21.8 Å². The van der Waals surface area contributed by atoms with Crippen molar-refractivity contribution >= 4 is 34.9 Å². The Hall–Kier alpha value is -3.63. The summed E-state index contributed by atoms with van der Waals surface area (Å²) in [5.74, 6) is 0. The highest BCUT2D eigenvalue weighted by molar-refractivity contribution is 7.13. The van der Waals surface area contributed by atoms with Crippen LogP contribution in [0.15, 0.2) is 89.4 Å². The molecule has 3 nitrogen and oxygen atoms in total. The molecule has 0 unspecified atom stereocenters. The van der Waals surface area contributed by atoms with E-state index in [0.29, 0.717) is 0 Å². The summed E-state index contributed by atoms with van der Waals surface area (Å²) in [5, 5.41) is 12.8. The zero-order valence-corrected chi connectivity index (χ0v) is 19.5. The summed E-state index contributed by atoms with van der Waals surface area (Å²) in [6.45, 7) is 14.3. The first-order valence-corrected chi connectivity index (χ1v) is 11.4. The molecule has 0 saturated heterocycles. The van der Waals surface area contributed by atoms with Crippen LogP contribution in [0.2, 0.25) is 0 Å². The highest BCUT2D eigenvalue weighted by atomic mass is 32.1.